The summed E-state index contributed by atoms with van der Waals surface area (Å²) >= 11 is 5.73. The first kappa shape index (κ1) is 12.3. The van der Waals surface area contributed by atoms with Crippen LogP contribution in [0.5, 0.6) is 5.88 Å². The molecule has 0 N–H and O–H groups in total. The molecule has 0 spiro atoms. The van der Waals surface area contributed by atoms with Gasteiger partial charge in [0.05, 0.1) is 5.02 Å². The normalized spacial score (nSPS) is 11.9. The quantitative estimate of drug-likeness (QED) is 0.792. The predicted octanol–water partition coefficient (Wildman–Crippen LogP) is 2.45. The van der Waals surface area contributed by atoms with Crippen molar-refractivity contribution in [3.05, 3.63) is 23.4 Å². The Kier molecular flexibility index (Phi) is 3.94. The van der Waals surface area contributed by atoms with Crippen molar-refractivity contribution < 1.29 is 4.74 Å². The monoisotopic (exact) mass is 228 g/mol. The van der Waals surface area contributed by atoms with Crippen molar-refractivity contribution >= 4 is 11.6 Å². The highest BCUT2D eigenvalue weighted by molar-refractivity contribution is 6.30. The van der Waals surface area contributed by atoms with Gasteiger partial charge in [-0.1, -0.05) is 11.6 Å². The Balaban J connectivity index is 2.54. The second kappa shape index (κ2) is 4.81. The topological polar surface area (TPSA) is 25.4 Å². The summed E-state index contributed by atoms with van der Waals surface area (Å²) in [4.78, 5) is 6.18. The van der Waals surface area contributed by atoms with E-state index in [0.29, 0.717) is 17.5 Å². The van der Waals surface area contributed by atoms with E-state index in [2.05, 4.69) is 23.7 Å². The van der Waals surface area contributed by atoms with Crippen molar-refractivity contribution in [2.24, 2.45) is 0 Å². The first-order valence-corrected chi connectivity index (χ1v) is 5.21. The molecule has 1 aromatic heterocycles. The summed E-state index contributed by atoms with van der Waals surface area (Å²) in [5, 5.41) is 0.620. The molecule has 1 rings (SSSR count). The molecule has 0 aliphatic heterocycles. The molecule has 1 aromatic rings. The van der Waals surface area contributed by atoms with Gasteiger partial charge in [0.15, 0.2) is 0 Å². The van der Waals surface area contributed by atoms with E-state index in [-0.39, 0.29) is 5.54 Å². The van der Waals surface area contributed by atoms with Gasteiger partial charge in [-0.25, -0.2) is 4.98 Å². The summed E-state index contributed by atoms with van der Waals surface area (Å²) in [6.45, 7) is 4.82. The number of ether oxygens (including phenoxy) is 1. The summed E-state index contributed by atoms with van der Waals surface area (Å²) < 4.78 is 5.58. The summed E-state index contributed by atoms with van der Waals surface area (Å²) in [5.41, 5.74) is -0.0126. The molecule has 1 heterocycles. The first-order valence-electron chi connectivity index (χ1n) is 4.83. The molecule has 0 bridgehead atoms. The molecule has 3 nitrogen and oxygen atoms in total. The van der Waals surface area contributed by atoms with Crippen LogP contribution in [0, 0.1) is 0 Å². The lowest BCUT2D eigenvalue weighted by Gasteiger charge is -2.31. The first-order chi connectivity index (χ1) is 6.92. The Morgan fingerprint density at radius 3 is 2.53 bits per heavy atom. The molecule has 0 atom stereocenters. The Labute approximate surface area is 96.0 Å². The largest absolute Gasteiger partial charge is 0.476 e. The van der Waals surface area contributed by atoms with Gasteiger partial charge in [0.2, 0.25) is 5.88 Å². The van der Waals surface area contributed by atoms with E-state index in [1.807, 2.05) is 14.1 Å². The zero-order valence-electron chi connectivity index (χ0n) is 9.62. The van der Waals surface area contributed by atoms with Crippen LogP contribution in [0.4, 0.5) is 0 Å². The van der Waals surface area contributed by atoms with Crippen molar-refractivity contribution in [3.63, 3.8) is 0 Å². The van der Waals surface area contributed by atoms with Crippen LogP contribution in [0.25, 0.3) is 0 Å². The number of hydrogen-bond acceptors (Lipinski definition) is 3. The van der Waals surface area contributed by atoms with Crippen molar-refractivity contribution in [2.75, 3.05) is 20.7 Å². The fourth-order valence-electron chi connectivity index (χ4n) is 0.827. The van der Waals surface area contributed by atoms with Gasteiger partial charge < -0.3 is 9.64 Å². The second-order valence-electron chi connectivity index (χ2n) is 4.31. The molecule has 0 aromatic carbocycles. The fourth-order valence-corrected chi connectivity index (χ4v) is 0.939. The van der Waals surface area contributed by atoms with Crippen LogP contribution < -0.4 is 4.74 Å². The highest BCUT2D eigenvalue weighted by Gasteiger charge is 2.21. The smallest absolute Gasteiger partial charge is 0.213 e. The summed E-state index contributed by atoms with van der Waals surface area (Å²) in [5.74, 6) is 0.606. The SMILES string of the molecule is CN(C)C(C)(C)COc1ccc(Cl)cn1. The lowest BCUT2D eigenvalue weighted by molar-refractivity contribution is 0.111. The maximum Gasteiger partial charge on any atom is 0.213 e. The molecule has 84 valence electrons. The van der Waals surface area contributed by atoms with E-state index in [1.165, 1.54) is 0 Å². The number of aromatic nitrogens is 1. The highest BCUT2D eigenvalue weighted by Crippen LogP contribution is 2.15. The average molecular weight is 229 g/mol. The number of likely N-dealkylation sites (N-methyl/N-ethyl adjacent to an activating group) is 1. The lowest BCUT2D eigenvalue weighted by Crippen LogP contribution is -2.43. The standard InChI is InChI=1S/C11H17ClN2O/c1-11(2,14(3)4)8-15-10-6-5-9(12)7-13-10/h5-7H,8H2,1-4H3. The number of nitrogens with zero attached hydrogens (tertiary/aromatic N) is 2. The summed E-state index contributed by atoms with van der Waals surface area (Å²) in [7, 11) is 4.05. The Morgan fingerprint density at radius 2 is 2.07 bits per heavy atom. The molecule has 0 fully saturated rings. The molecular weight excluding hydrogens is 212 g/mol. The van der Waals surface area contributed by atoms with E-state index in [9.17, 15) is 0 Å². The molecule has 0 saturated heterocycles. The minimum absolute atomic E-state index is 0.0126. The minimum Gasteiger partial charge on any atom is -0.476 e. The van der Waals surface area contributed by atoms with Gasteiger partial charge in [0.1, 0.15) is 6.61 Å². The Bertz CT molecular complexity index is 309. The van der Waals surface area contributed by atoms with Gasteiger partial charge in [-0.3, -0.25) is 0 Å². The molecule has 0 aliphatic rings. The fraction of sp³-hybridized carbons (Fsp3) is 0.545. The summed E-state index contributed by atoms with van der Waals surface area (Å²) in [6, 6.07) is 3.54. The maximum absolute atomic E-state index is 5.73. The molecule has 0 saturated carbocycles. The molecule has 4 heteroatoms. The molecule has 0 radical (unpaired) electrons. The second-order valence-corrected chi connectivity index (χ2v) is 4.75. The lowest BCUT2D eigenvalue weighted by atomic mass is 10.1. The van der Waals surface area contributed by atoms with Gasteiger partial charge in [-0.15, -0.1) is 0 Å². The predicted molar refractivity (Wildman–Crippen MR) is 62.5 cm³/mol. The van der Waals surface area contributed by atoms with Crippen molar-refractivity contribution in [1.82, 2.24) is 9.88 Å². The van der Waals surface area contributed by atoms with Crippen LogP contribution in [-0.4, -0.2) is 36.1 Å². The van der Waals surface area contributed by atoms with E-state index in [0.717, 1.165) is 0 Å². The Morgan fingerprint density at radius 1 is 1.40 bits per heavy atom. The third-order valence-electron chi connectivity index (χ3n) is 2.48. The van der Waals surface area contributed by atoms with Crippen LogP contribution in [0.3, 0.4) is 0 Å². The van der Waals surface area contributed by atoms with E-state index in [1.54, 1.807) is 18.3 Å². The van der Waals surface area contributed by atoms with Crippen LogP contribution in [-0.2, 0) is 0 Å². The maximum atomic E-state index is 5.73. The number of pyridine rings is 1. The van der Waals surface area contributed by atoms with Crippen molar-refractivity contribution in [3.8, 4) is 5.88 Å². The van der Waals surface area contributed by atoms with E-state index >= 15 is 0 Å². The number of rotatable bonds is 4. The van der Waals surface area contributed by atoms with Crippen LogP contribution in [0.1, 0.15) is 13.8 Å². The third kappa shape index (κ3) is 3.68. The molecule has 15 heavy (non-hydrogen) atoms. The van der Waals surface area contributed by atoms with Gasteiger partial charge in [0.25, 0.3) is 0 Å². The van der Waals surface area contributed by atoms with Crippen LogP contribution in [0.15, 0.2) is 18.3 Å². The van der Waals surface area contributed by atoms with Gasteiger partial charge in [0, 0.05) is 17.8 Å². The van der Waals surface area contributed by atoms with E-state index < -0.39 is 0 Å². The average Bonchev–Trinajstić information content (AvgIpc) is 2.17. The molecule has 0 aliphatic carbocycles. The van der Waals surface area contributed by atoms with Crippen molar-refractivity contribution in [1.29, 1.82) is 0 Å². The summed E-state index contributed by atoms with van der Waals surface area (Å²) in [6.07, 6.45) is 1.58. The van der Waals surface area contributed by atoms with Crippen LogP contribution >= 0.6 is 11.6 Å². The highest BCUT2D eigenvalue weighted by atomic mass is 35.5. The zero-order valence-corrected chi connectivity index (χ0v) is 10.4. The Hall–Kier alpha value is -0.800. The number of hydrogen-bond donors (Lipinski definition) is 0. The van der Waals surface area contributed by atoms with Gasteiger partial charge >= 0.3 is 0 Å². The van der Waals surface area contributed by atoms with Gasteiger partial charge in [-0.2, -0.15) is 0 Å². The van der Waals surface area contributed by atoms with Crippen molar-refractivity contribution in [2.45, 2.75) is 19.4 Å². The zero-order chi connectivity index (χ0) is 11.5. The number of halogens is 1. The minimum atomic E-state index is -0.0126. The van der Waals surface area contributed by atoms with Gasteiger partial charge in [-0.05, 0) is 34.0 Å². The molecule has 0 unspecified atom stereocenters. The third-order valence-corrected chi connectivity index (χ3v) is 2.71. The molecule has 0 amide bonds. The van der Waals surface area contributed by atoms with Crippen LogP contribution in [0.2, 0.25) is 5.02 Å². The van der Waals surface area contributed by atoms with E-state index in [4.69, 9.17) is 16.3 Å². The molecular formula is C11H17ClN2O.